The van der Waals surface area contributed by atoms with E-state index in [1.807, 2.05) is 0 Å². The zero-order valence-electron chi connectivity index (χ0n) is 10.5. The van der Waals surface area contributed by atoms with Gasteiger partial charge in [-0.2, -0.15) is 0 Å². The molecule has 1 saturated carbocycles. The van der Waals surface area contributed by atoms with E-state index in [1.165, 1.54) is 12.8 Å². The topological polar surface area (TPSA) is 46.5 Å². The second-order valence-electron chi connectivity index (χ2n) is 4.94. The molecule has 0 heterocycles. The molecule has 1 aliphatic carbocycles. The maximum atomic E-state index is 11.3. The Balaban J connectivity index is 2.34. The molecule has 0 aromatic heterocycles. The Kier molecular flexibility index (Phi) is 5.26. The molecule has 1 fully saturated rings. The van der Waals surface area contributed by atoms with Crippen molar-refractivity contribution in [1.82, 2.24) is 0 Å². The van der Waals surface area contributed by atoms with Gasteiger partial charge in [0, 0.05) is 0 Å². The molecule has 3 heteroatoms. The van der Waals surface area contributed by atoms with Gasteiger partial charge in [-0.15, -0.1) is 0 Å². The van der Waals surface area contributed by atoms with E-state index in [2.05, 4.69) is 6.92 Å². The molecule has 1 N–H and O–H groups in total. The molecular weight excluding hydrogens is 204 g/mol. The van der Waals surface area contributed by atoms with E-state index < -0.39 is 5.60 Å². The van der Waals surface area contributed by atoms with Crippen molar-refractivity contribution in [3.8, 4) is 0 Å². The first-order valence-electron chi connectivity index (χ1n) is 6.47. The maximum absolute atomic E-state index is 11.3. The SMILES string of the molecule is CCCC1CCC(O)(CC(=O)OCC)CC1. The highest BCUT2D eigenvalue weighted by atomic mass is 16.5. The summed E-state index contributed by atoms with van der Waals surface area (Å²) >= 11 is 0. The summed E-state index contributed by atoms with van der Waals surface area (Å²) in [6, 6.07) is 0. The number of hydrogen-bond donors (Lipinski definition) is 1. The van der Waals surface area contributed by atoms with Crippen LogP contribution in [0, 0.1) is 5.92 Å². The van der Waals surface area contributed by atoms with Crippen LogP contribution in [0.15, 0.2) is 0 Å². The van der Waals surface area contributed by atoms with Crippen molar-refractivity contribution >= 4 is 5.97 Å². The van der Waals surface area contributed by atoms with Crippen LogP contribution in [0.25, 0.3) is 0 Å². The Morgan fingerprint density at radius 2 is 2.00 bits per heavy atom. The molecule has 1 aliphatic rings. The maximum Gasteiger partial charge on any atom is 0.308 e. The van der Waals surface area contributed by atoms with Crippen molar-refractivity contribution in [2.75, 3.05) is 6.61 Å². The number of hydrogen-bond acceptors (Lipinski definition) is 3. The zero-order chi connectivity index (χ0) is 12.0. The first-order chi connectivity index (χ1) is 7.59. The normalized spacial score (nSPS) is 30.1. The molecule has 1 rings (SSSR count). The van der Waals surface area contributed by atoms with Gasteiger partial charge in [0.05, 0.1) is 18.6 Å². The van der Waals surface area contributed by atoms with Crippen molar-refractivity contribution in [3.05, 3.63) is 0 Å². The molecule has 0 radical (unpaired) electrons. The van der Waals surface area contributed by atoms with Crippen LogP contribution in [0.1, 0.15) is 58.8 Å². The molecule has 0 saturated heterocycles. The molecular formula is C13H24O3. The smallest absolute Gasteiger partial charge is 0.308 e. The van der Waals surface area contributed by atoms with Crippen LogP contribution in [0.4, 0.5) is 0 Å². The van der Waals surface area contributed by atoms with Gasteiger partial charge < -0.3 is 9.84 Å². The molecule has 0 amide bonds. The Bertz CT molecular complexity index is 217. The predicted molar refractivity (Wildman–Crippen MR) is 63.1 cm³/mol. The average Bonchev–Trinajstić information content (AvgIpc) is 2.22. The van der Waals surface area contributed by atoms with Gasteiger partial charge >= 0.3 is 5.97 Å². The van der Waals surface area contributed by atoms with E-state index in [-0.39, 0.29) is 12.4 Å². The van der Waals surface area contributed by atoms with Crippen LogP contribution in [-0.4, -0.2) is 23.3 Å². The van der Waals surface area contributed by atoms with Crippen molar-refractivity contribution in [2.45, 2.75) is 64.4 Å². The van der Waals surface area contributed by atoms with Gasteiger partial charge in [-0.1, -0.05) is 19.8 Å². The highest BCUT2D eigenvalue weighted by molar-refractivity contribution is 5.70. The standard InChI is InChI=1S/C13H24O3/c1-3-5-11-6-8-13(15,9-7-11)10-12(14)16-4-2/h11,15H,3-10H2,1-2H3. The van der Waals surface area contributed by atoms with Crippen LogP contribution in [-0.2, 0) is 9.53 Å². The summed E-state index contributed by atoms with van der Waals surface area (Å²) in [5.41, 5.74) is -0.795. The highest BCUT2D eigenvalue weighted by Crippen LogP contribution is 2.36. The van der Waals surface area contributed by atoms with E-state index in [0.29, 0.717) is 6.61 Å². The van der Waals surface area contributed by atoms with Crippen LogP contribution in [0.2, 0.25) is 0 Å². The molecule has 0 aromatic carbocycles. The molecule has 3 nitrogen and oxygen atoms in total. The summed E-state index contributed by atoms with van der Waals surface area (Å²) < 4.78 is 4.89. The number of carbonyl (C=O) groups excluding carboxylic acids is 1. The number of rotatable bonds is 5. The van der Waals surface area contributed by atoms with Crippen molar-refractivity contribution in [2.24, 2.45) is 5.92 Å². The number of esters is 1. The van der Waals surface area contributed by atoms with Gasteiger partial charge in [0.25, 0.3) is 0 Å². The second kappa shape index (κ2) is 6.24. The molecule has 0 aromatic rings. The lowest BCUT2D eigenvalue weighted by molar-refractivity contribution is -0.150. The lowest BCUT2D eigenvalue weighted by atomic mass is 9.76. The van der Waals surface area contributed by atoms with Gasteiger partial charge in [-0.25, -0.2) is 0 Å². The summed E-state index contributed by atoms with van der Waals surface area (Å²) in [6.45, 7) is 4.38. The van der Waals surface area contributed by atoms with E-state index in [9.17, 15) is 9.90 Å². The minimum absolute atomic E-state index is 0.166. The van der Waals surface area contributed by atoms with E-state index in [1.54, 1.807) is 6.92 Å². The fourth-order valence-corrected chi connectivity index (χ4v) is 2.57. The van der Waals surface area contributed by atoms with E-state index >= 15 is 0 Å². The lowest BCUT2D eigenvalue weighted by Crippen LogP contribution is -2.36. The number of ether oxygens (including phenoxy) is 1. The largest absolute Gasteiger partial charge is 0.466 e. The fraction of sp³-hybridized carbons (Fsp3) is 0.923. The molecule has 16 heavy (non-hydrogen) atoms. The van der Waals surface area contributed by atoms with Gasteiger partial charge in [-0.3, -0.25) is 4.79 Å². The Morgan fingerprint density at radius 1 is 1.38 bits per heavy atom. The minimum Gasteiger partial charge on any atom is -0.466 e. The van der Waals surface area contributed by atoms with Crippen LogP contribution >= 0.6 is 0 Å². The van der Waals surface area contributed by atoms with Crippen molar-refractivity contribution in [1.29, 1.82) is 0 Å². The molecule has 0 unspecified atom stereocenters. The highest BCUT2D eigenvalue weighted by Gasteiger charge is 2.35. The Labute approximate surface area is 98.2 Å². The molecule has 0 atom stereocenters. The Morgan fingerprint density at radius 3 is 2.50 bits per heavy atom. The number of aliphatic hydroxyl groups is 1. The van der Waals surface area contributed by atoms with Gasteiger partial charge in [0.1, 0.15) is 0 Å². The summed E-state index contributed by atoms with van der Waals surface area (Å²) in [7, 11) is 0. The van der Waals surface area contributed by atoms with Gasteiger partial charge in [-0.05, 0) is 38.5 Å². The monoisotopic (exact) mass is 228 g/mol. The average molecular weight is 228 g/mol. The molecule has 94 valence electrons. The van der Waals surface area contributed by atoms with Crippen LogP contribution in [0.3, 0.4) is 0 Å². The van der Waals surface area contributed by atoms with E-state index in [4.69, 9.17) is 4.74 Å². The van der Waals surface area contributed by atoms with Gasteiger partial charge in [0.2, 0.25) is 0 Å². The van der Waals surface area contributed by atoms with E-state index in [0.717, 1.165) is 31.6 Å². The predicted octanol–water partition coefficient (Wildman–Crippen LogP) is 2.66. The van der Waals surface area contributed by atoms with Crippen LogP contribution in [0.5, 0.6) is 0 Å². The summed E-state index contributed by atoms with van der Waals surface area (Å²) in [5, 5.41) is 10.3. The fourth-order valence-electron chi connectivity index (χ4n) is 2.57. The van der Waals surface area contributed by atoms with Crippen LogP contribution < -0.4 is 0 Å². The lowest BCUT2D eigenvalue weighted by Gasteiger charge is -2.35. The summed E-state index contributed by atoms with van der Waals surface area (Å²) in [4.78, 5) is 11.3. The molecule has 0 spiro atoms. The summed E-state index contributed by atoms with van der Waals surface area (Å²) in [5.74, 6) is 0.478. The van der Waals surface area contributed by atoms with Crippen molar-refractivity contribution in [3.63, 3.8) is 0 Å². The first kappa shape index (κ1) is 13.5. The van der Waals surface area contributed by atoms with Crippen molar-refractivity contribution < 1.29 is 14.6 Å². The third-order valence-corrected chi connectivity index (χ3v) is 3.51. The quantitative estimate of drug-likeness (QED) is 0.736. The molecule has 0 aliphatic heterocycles. The minimum atomic E-state index is -0.795. The third-order valence-electron chi connectivity index (χ3n) is 3.51. The second-order valence-corrected chi connectivity index (χ2v) is 4.94. The number of carbonyl (C=O) groups is 1. The first-order valence-corrected chi connectivity index (χ1v) is 6.47. The zero-order valence-corrected chi connectivity index (χ0v) is 10.5. The third kappa shape index (κ3) is 4.12. The van der Waals surface area contributed by atoms with Gasteiger partial charge in [0.15, 0.2) is 0 Å². The summed E-state index contributed by atoms with van der Waals surface area (Å²) in [6.07, 6.45) is 6.20. The molecule has 0 bridgehead atoms. The Hall–Kier alpha value is -0.570.